The number of aliphatic imine (C=N–C) groups is 1. The van der Waals surface area contributed by atoms with Crippen molar-refractivity contribution in [3.63, 3.8) is 0 Å². The molecule has 0 amide bonds. The van der Waals surface area contributed by atoms with E-state index in [0.717, 1.165) is 6.54 Å². The molecule has 0 saturated heterocycles. The first-order chi connectivity index (χ1) is 5.22. The van der Waals surface area contributed by atoms with Crippen LogP contribution in [0.5, 0.6) is 0 Å². The average molecular weight is 151 g/mol. The quantitative estimate of drug-likeness (QED) is 0.433. The summed E-state index contributed by atoms with van der Waals surface area (Å²) in [5.74, 6) is 0.538. The van der Waals surface area contributed by atoms with Crippen LogP contribution in [0.2, 0.25) is 0 Å². The smallest absolute Gasteiger partial charge is 0.0360 e. The van der Waals surface area contributed by atoms with Gasteiger partial charge in [-0.15, -0.1) is 0 Å². The highest BCUT2D eigenvalue weighted by molar-refractivity contribution is 5.73. The third kappa shape index (κ3) is 4.54. The van der Waals surface area contributed by atoms with Gasteiger partial charge in [0.05, 0.1) is 0 Å². The van der Waals surface area contributed by atoms with Gasteiger partial charge in [0, 0.05) is 12.8 Å². The molecule has 0 fully saturated rings. The first-order valence-corrected chi connectivity index (χ1v) is 4.04. The van der Waals surface area contributed by atoms with Crippen LogP contribution >= 0.6 is 0 Å². The SMILES string of the molecule is C=C/C(=C\C=NCC)C(C)C. The number of rotatable bonds is 4. The summed E-state index contributed by atoms with van der Waals surface area (Å²) < 4.78 is 0. The topological polar surface area (TPSA) is 12.4 Å². The maximum absolute atomic E-state index is 4.09. The summed E-state index contributed by atoms with van der Waals surface area (Å²) in [6, 6.07) is 0. The zero-order chi connectivity index (χ0) is 8.69. The summed E-state index contributed by atoms with van der Waals surface area (Å²) in [7, 11) is 0. The van der Waals surface area contributed by atoms with Crippen molar-refractivity contribution in [2.24, 2.45) is 10.9 Å². The Kier molecular flexibility index (Phi) is 5.44. The van der Waals surface area contributed by atoms with Crippen LogP contribution in [-0.2, 0) is 0 Å². The molecule has 11 heavy (non-hydrogen) atoms. The highest BCUT2D eigenvalue weighted by atomic mass is 14.7. The van der Waals surface area contributed by atoms with Crippen molar-refractivity contribution in [3.8, 4) is 0 Å². The van der Waals surface area contributed by atoms with Gasteiger partial charge in [0.2, 0.25) is 0 Å². The largest absolute Gasteiger partial charge is 0.293 e. The van der Waals surface area contributed by atoms with Crippen molar-refractivity contribution >= 4 is 6.21 Å². The molecule has 0 radical (unpaired) electrons. The minimum Gasteiger partial charge on any atom is -0.293 e. The van der Waals surface area contributed by atoms with Crippen molar-refractivity contribution in [2.75, 3.05) is 6.54 Å². The van der Waals surface area contributed by atoms with Crippen molar-refractivity contribution in [1.82, 2.24) is 0 Å². The van der Waals surface area contributed by atoms with E-state index >= 15 is 0 Å². The predicted octanol–water partition coefficient (Wildman–Crippen LogP) is 2.85. The highest BCUT2D eigenvalue weighted by Gasteiger charge is 1.94. The van der Waals surface area contributed by atoms with Crippen molar-refractivity contribution < 1.29 is 0 Å². The second-order valence-corrected chi connectivity index (χ2v) is 2.67. The fourth-order valence-electron chi connectivity index (χ4n) is 0.740. The molecule has 0 atom stereocenters. The molecule has 62 valence electrons. The summed E-state index contributed by atoms with van der Waals surface area (Å²) in [4.78, 5) is 4.09. The molecule has 1 nitrogen and oxygen atoms in total. The summed E-state index contributed by atoms with van der Waals surface area (Å²) >= 11 is 0. The molecule has 0 aliphatic heterocycles. The lowest BCUT2D eigenvalue weighted by atomic mass is 10.0. The van der Waals surface area contributed by atoms with Crippen LogP contribution in [0.1, 0.15) is 20.8 Å². The van der Waals surface area contributed by atoms with Crippen LogP contribution in [0, 0.1) is 5.92 Å². The molecule has 0 rings (SSSR count). The van der Waals surface area contributed by atoms with E-state index in [9.17, 15) is 0 Å². The lowest BCUT2D eigenvalue weighted by Crippen LogP contribution is -1.90. The van der Waals surface area contributed by atoms with Crippen molar-refractivity contribution in [3.05, 3.63) is 24.3 Å². The van der Waals surface area contributed by atoms with Gasteiger partial charge in [-0.3, -0.25) is 4.99 Å². The maximum atomic E-state index is 4.09. The fourth-order valence-corrected chi connectivity index (χ4v) is 0.740. The van der Waals surface area contributed by atoms with Crippen LogP contribution < -0.4 is 0 Å². The Labute approximate surface area is 69.5 Å². The summed E-state index contributed by atoms with van der Waals surface area (Å²) in [5, 5.41) is 0. The van der Waals surface area contributed by atoms with E-state index in [2.05, 4.69) is 25.4 Å². The molecule has 0 aromatic carbocycles. The Hall–Kier alpha value is -0.850. The van der Waals surface area contributed by atoms with E-state index in [0.29, 0.717) is 5.92 Å². The average Bonchev–Trinajstić information content (AvgIpc) is 1.97. The van der Waals surface area contributed by atoms with Crippen molar-refractivity contribution in [2.45, 2.75) is 20.8 Å². The fraction of sp³-hybridized carbons (Fsp3) is 0.500. The van der Waals surface area contributed by atoms with Crippen molar-refractivity contribution in [1.29, 1.82) is 0 Å². The monoisotopic (exact) mass is 151 g/mol. The molecule has 1 heteroatoms. The van der Waals surface area contributed by atoms with E-state index in [1.165, 1.54) is 5.57 Å². The third-order valence-electron chi connectivity index (χ3n) is 1.46. The Morgan fingerprint density at radius 3 is 2.55 bits per heavy atom. The van der Waals surface area contributed by atoms with Gasteiger partial charge in [-0.05, 0) is 24.5 Å². The van der Waals surface area contributed by atoms with Crippen LogP contribution in [0.15, 0.2) is 29.3 Å². The molecule has 0 bridgehead atoms. The van der Waals surface area contributed by atoms with E-state index in [4.69, 9.17) is 0 Å². The van der Waals surface area contributed by atoms with E-state index in [1.54, 1.807) is 0 Å². The van der Waals surface area contributed by atoms with E-state index < -0.39 is 0 Å². The Morgan fingerprint density at radius 1 is 1.55 bits per heavy atom. The third-order valence-corrected chi connectivity index (χ3v) is 1.46. The van der Waals surface area contributed by atoms with Gasteiger partial charge in [-0.25, -0.2) is 0 Å². The molecule has 0 heterocycles. The maximum Gasteiger partial charge on any atom is 0.0360 e. The van der Waals surface area contributed by atoms with Gasteiger partial charge in [0.15, 0.2) is 0 Å². The van der Waals surface area contributed by atoms with Gasteiger partial charge in [0.25, 0.3) is 0 Å². The molecule has 0 aliphatic rings. The van der Waals surface area contributed by atoms with Gasteiger partial charge < -0.3 is 0 Å². The minimum atomic E-state index is 0.538. The first kappa shape index (κ1) is 10.2. The normalized spacial score (nSPS) is 12.9. The molecule has 0 aromatic rings. The predicted molar refractivity (Wildman–Crippen MR) is 52.2 cm³/mol. The Bertz CT molecular complexity index is 164. The van der Waals surface area contributed by atoms with Crippen LogP contribution in [0.4, 0.5) is 0 Å². The first-order valence-electron chi connectivity index (χ1n) is 4.04. The summed E-state index contributed by atoms with van der Waals surface area (Å²) in [6.45, 7) is 10.9. The minimum absolute atomic E-state index is 0.538. The van der Waals surface area contributed by atoms with Gasteiger partial charge >= 0.3 is 0 Å². The molecular formula is C10H17N. The zero-order valence-corrected chi connectivity index (χ0v) is 7.67. The van der Waals surface area contributed by atoms with Gasteiger partial charge in [0.1, 0.15) is 0 Å². The van der Waals surface area contributed by atoms with Crippen LogP contribution in [0.25, 0.3) is 0 Å². The lowest BCUT2D eigenvalue weighted by molar-refractivity contribution is 0.793. The van der Waals surface area contributed by atoms with Crippen LogP contribution in [0.3, 0.4) is 0 Å². The number of hydrogen-bond acceptors (Lipinski definition) is 1. The van der Waals surface area contributed by atoms with Crippen LogP contribution in [-0.4, -0.2) is 12.8 Å². The molecule has 0 unspecified atom stereocenters. The number of allylic oxidation sites excluding steroid dienone is 3. The van der Waals surface area contributed by atoms with E-state index in [-0.39, 0.29) is 0 Å². The Balaban J connectivity index is 4.12. The molecule has 0 aliphatic carbocycles. The standard InChI is InChI=1S/C10H17N/c1-5-10(9(3)4)7-8-11-6-2/h5,7-9H,1,6H2,2-4H3/b10-7+,11-8?. The highest BCUT2D eigenvalue weighted by Crippen LogP contribution is 2.08. The molecular weight excluding hydrogens is 134 g/mol. The Morgan fingerprint density at radius 2 is 2.18 bits per heavy atom. The second-order valence-electron chi connectivity index (χ2n) is 2.67. The van der Waals surface area contributed by atoms with E-state index in [1.807, 2.05) is 25.3 Å². The molecule has 0 N–H and O–H groups in total. The number of hydrogen-bond donors (Lipinski definition) is 0. The lowest BCUT2D eigenvalue weighted by Gasteiger charge is -2.02. The summed E-state index contributed by atoms with van der Waals surface area (Å²) in [6.07, 6.45) is 5.74. The van der Waals surface area contributed by atoms with Gasteiger partial charge in [-0.1, -0.05) is 26.5 Å². The second kappa shape index (κ2) is 5.90. The summed E-state index contributed by atoms with van der Waals surface area (Å²) in [5.41, 5.74) is 1.24. The zero-order valence-electron chi connectivity index (χ0n) is 7.67. The molecule has 0 saturated carbocycles. The molecule has 0 spiro atoms. The number of nitrogens with zero attached hydrogens (tertiary/aromatic N) is 1. The molecule has 0 aromatic heterocycles. The van der Waals surface area contributed by atoms with Gasteiger partial charge in [-0.2, -0.15) is 0 Å².